The third-order valence-corrected chi connectivity index (χ3v) is 3.46. The molecule has 0 unspecified atom stereocenters. The molecule has 0 aromatic heterocycles. The van der Waals surface area contributed by atoms with Gasteiger partial charge in [-0.1, -0.05) is 12.7 Å². The summed E-state index contributed by atoms with van der Waals surface area (Å²) in [6, 6.07) is 0. The monoisotopic (exact) mass is 216 g/mol. The van der Waals surface area contributed by atoms with Crippen LogP contribution in [0, 0.1) is 0 Å². The van der Waals surface area contributed by atoms with Gasteiger partial charge in [0.1, 0.15) is 0 Å². The summed E-state index contributed by atoms with van der Waals surface area (Å²) >= 11 is 0. The molecule has 4 heteroatoms. The quantitative estimate of drug-likeness (QED) is 0.583. The Labute approximate surface area is 85.6 Å². The molecule has 0 aromatic rings. The molecule has 0 amide bonds. The van der Waals surface area contributed by atoms with Gasteiger partial charge in [0.25, 0.3) is 10.1 Å². The predicted octanol–water partition coefficient (Wildman–Crippen LogP) is 2.69. The van der Waals surface area contributed by atoms with E-state index in [1.807, 2.05) is 6.92 Å². The van der Waals surface area contributed by atoms with Crippen molar-refractivity contribution >= 4 is 10.1 Å². The van der Waals surface area contributed by atoms with Crippen LogP contribution in [0.25, 0.3) is 0 Å². The van der Waals surface area contributed by atoms with Crippen LogP contribution in [0.3, 0.4) is 0 Å². The Bertz CT molecular complexity index is 397. The van der Waals surface area contributed by atoms with Gasteiger partial charge in [-0.2, -0.15) is 8.42 Å². The number of hydrogen-bond acceptors (Lipinski definition) is 2. The summed E-state index contributed by atoms with van der Waals surface area (Å²) in [5, 5.41) is 0. The minimum Gasteiger partial charge on any atom is -0.282 e. The molecule has 0 bridgehead atoms. The molecule has 0 fully saturated rings. The lowest BCUT2D eigenvalue weighted by Crippen LogP contribution is -2.02. The molecular weight excluding hydrogens is 200 g/mol. The standard InChI is InChI=1S/C10H16O3S/c1-6-7(2)8(3)9(4)10(5)14(11,12)13/h6H,1H2,2-5H3,(H,11,12,13)/b8-7-,10-9+. The van der Waals surface area contributed by atoms with Crippen molar-refractivity contribution in [3.8, 4) is 0 Å². The smallest absolute Gasteiger partial charge is 0.282 e. The van der Waals surface area contributed by atoms with Crippen LogP contribution in [0.2, 0.25) is 0 Å². The fourth-order valence-corrected chi connectivity index (χ4v) is 1.45. The van der Waals surface area contributed by atoms with Crippen molar-refractivity contribution in [3.63, 3.8) is 0 Å². The third kappa shape index (κ3) is 3.12. The second kappa shape index (κ2) is 4.57. The van der Waals surface area contributed by atoms with Crippen LogP contribution in [0.5, 0.6) is 0 Å². The summed E-state index contributed by atoms with van der Waals surface area (Å²) in [4.78, 5) is -0.0174. The first kappa shape index (κ1) is 13.1. The van der Waals surface area contributed by atoms with Gasteiger partial charge in [0.2, 0.25) is 0 Å². The number of hydrogen-bond donors (Lipinski definition) is 1. The van der Waals surface area contributed by atoms with E-state index in [0.717, 1.165) is 11.1 Å². The molecule has 14 heavy (non-hydrogen) atoms. The van der Waals surface area contributed by atoms with E-state index in [0.29, 0.717) is 5.57 Å². The van der Waals surface area contributed by atoms with Crippen LogP contribution >= 0.6 is 0 Å². The van der Waals surface area contributed by atoms with Crippen molar-refractivity contribution in [2.45, 2.75) is 27.7 Å². The zero-order valence-electron chi connectivity index (χ0n) is 8.96. The Morgan fingerprint density at radius 1 is 1.14 bits per heavy atom. The molecule has 80 valence electrons. The Kier molecular flexibility index (Phi) is 4.29. The van der Waals surface area contributed by atoms with Crippen LogP contribution in [0.15, 0.2) is 34.3 Å². The molecule has 0 spiro atoms. The topological polar surface area (TPSA) is 54.4 Å². The van der Waals surface area contributed by atoms with Crippen molar-refractivity contribution in [1.82, 2.24) is 0 Å². The molecule has 0 saturated carbocycles. The van der Waals surface area contributed by atoms with Crippen LogP contribution in [0.1, 0.15) is 27.7 Å². The van der Waals surface area contributed by atoms with Crippen LogP contribution in [0.4, 0.5) is 0 Å². The highest BCUT2D eigenvalue weighted by Crippen LogP contribution is 2.20. The van der Waals surface area contributed by atoms with E-state index in [9.17, 15) is 8.42 Å². The maximum atomic E-state index is 10.8. The second-order valence-corrected chi connectivity index (χ2v) is 4.73. The van der Waals surface area contributed by atoms with Gasteiger partial charge in [0, 0.05) is 0 Å². The van der Waals surface area contributed by atoms with Crippen molar-refractivity contribution in [3.05, 3.63) is 34.3 Å². The lowest BCUT2D eigenvalue weighted by Gasteiger charge is -2.07. The zero-order chi connectivity index (χ0) is 11.5. The normalized spacial score (nSPS) is 15.8. The summed E-state index contributed by atoms with van der Waals surface area (Å²) in [5.41, 5.74) is 2.27. The van der Waals surface area contributed by atoms with Gasteiger partial charge < -0.3 is 0 Å². The fourth-order valence-electron chi connectivity index (χ4n) is 0.906. The van der Waals surface area contributed by atoms with Crippen molar-refractivity contribution in [1.29, 1.82) is 0 Å². The highest BCUT2D eigenvalue weighted by atomic mass is 32.2. The molecule has 0 saturated heterocycles. The van der Waals surface area contributed by atoms with E-state index < -0.39 is 10.1 Å². The van der Waals surface area contributed by atoms with E-state index in [2.05, 4.69) is 6.58 Å². The molecule has 0 aliphatic heterocycles. The fraction of sp³-hybridized carbons (Fsp3) is 0.400. The summed E-state index contributed by atoms with van der Waals surface area (Å²) in [5.74, 6) is 0. The predicted molar refractivity (Wildman–Crippen MR) is 58.5 cm³/mol. The molecule has 0 rings (SSSR count). The summed E-state index contributed by atoms with van der Waals surface area (Å²) < 4.78 is 30.5. The SMILES string of the molecule is C=C/C(C)=C(C)\C(C)=C(/C)S(=O)(=O)O. The Morgan fingerprint density at radius 3 is 1.86 bits per heavy atom. The maximum absolute atomic E-state index is 10.8. The van der Waals surface area contributed by atoms with Crippen LogP contribution in [-0.4, -0.2) is 13.0 Å². The van der Waals surface area contributed by atoms with Gasteiger partial charge in [-0.15, -0.1) is 0 Å². The minimum atomic E-state index is -4.08. The van der Waals surface area contributed by atoms with Gasteiger partial charge in [0.15, 0.2) is 0 Å². The molecule has 0 atom stereocenters. The molecule has 3 nitrogen and oxygen atoms in total. The van der Waals surface area contributed by atoms with Crippen LogP contribution in [-0.2, 0) is 10.1 Å². The highest BCUT2D eigenvalue weighted by molar-refractivity contribution is 7.89. The van der Waals surface area contributed by atoms with E-state index in [1.165, 1.54) is 6.92 Å². The molecule has 1 N–H and O–H groups in total. The lowest BCUT2D eigenvalue weighted by atomic mass is 10.0. The lowest BCUT2D eigenvalue weighted by molar-refractivity contribution is 0.490. The van der Waals surface area contributed by atoms with Gasteiger partial charge in [-0.3, -0.25) is 4.55 Å². The second-order valence-electron chi connectivity index (χ2n) is 3.17. The number of rotatable bonds is 3. The average molecular weight is 216 g/mol. The van der Waals surface area contributed by atoms with Crippen molar-refractivity contribution < 1.29 is 13.0 Å². The van der Waals surface area contributed by atoms with Gasteiger partial charge in [-0.05, 0) is 44.4 Å². The Hall–Kier alpha value is -0.870. The maximum Gasteiger partial charge on any atom is 0.290 e. The molecule has 0 aromatic carbocycles. The van der Waals surface area contributed by atoms with E-state index >= 15 is 0 Å². The van der Waals surface area contributed by atoms with E-state index in [-0.39, 0.29) is 4.91 Å². The van der Waals surface area contributed by atoms with Crippen molar-refractivity contribution in [2.24, 2.45) is 0 Å². The van der Waals surface area contributed by atoms with E-state index in [4.69, 9.17) is 4.55 Å². The first-order valence-electron chi connectivity index (χ1n) is 4.17. The minimum absolute atomic E-state index is 0.0174. The van der Waals surface area contributed by atoms with Gasteiger partial charge in [0.05, 0.1) is 4.91 Å². The molecule has 0 radical (unpaired) electrons. The number of allylic oxidation sites excluding steroid dienone is 5. The largest absolute Gasteiger partial charge is 0.290 e. The third-order valence-electron chi connectivity index (χ3n) is 2.38. The Balaban J connectivity index is 5.57. The zero-order valence-corrected chi connectivity index (χ0v) is 9.77. The molecule has 0 heterocycles. The molecule has 0 aliphatic carbocycles. The molecule has 0 aliphatic rings. The van der Waals surface area contributed by atoms with Crippen LogP contribution < -0.4 is 0 Å². The summed E-state index contributed by atoms with van der Waals surface area (Å²) in [6.45, 7) is 10.3. The van der Waals surface area contributed by atoms with E-state index in [1.54, 1.807) is 19.9 Å². The molecular formula is C10H16O3S. The van der Waals surface area contributed by atoms with Gasteiger partial charge in [-0.25, -0.2) is 0 Å². The average Bonchev–Trinajstić information content (AvgIpc) is 2.11. The van der Waals surface area contributed by atoms with Gasteiger partial charge >= 0.3 is 0 Å². The summed E-state index contributed by atoms with van der Waals surface area (Å²) in [7, 11) is -4.08. The first-order valence-corrected chi connectivity index (χ1v) is 5.61. The van der Waals surface area contributed by atoms with Crippen molar-refractivity contribution in [2.75, 3.05) is 0 Å². The first-order chi connectivity index (χ1) is 6.21. The summed E-state index contributed by atoms with van der Waals surface area (Å²) in [6.07, 6.45) is 1.65. The highest BCUT2D eigenvalue weighted by Gasteiger charge is 2.12. The Morgan fingerprint density at radius 2 is 1.57 bits per heavy atom.